The van der Waals surface area contributed by atoms with Crippen LogP contribution in [0.1, 0.15) is 11.1 Å². The minimum Gasteiger partial charge on any atom is -0.325 e. The summed E-state index contributed by atoms with van der Waals surface area (Å²) in [4.78, 5) is 1.00. The molecule has 1 atom stereocenters. The fraction of sp³-hybridized carbons (Fsp3) is 0.0667. The van der Waals surface area contributed by atoms with Crippen molar-refractivity contribution < 1.29 is 0 Å². The summed E-state index contributed by atoms with van der Waals surface area (Å²) in [6.07, 6.45) is 0. The highest BCUT2D eigenvalue weighted by atomic mass is 32.1. The number of anilines is 2. The lowest BCUT2D eigenvalue weighted by atomic mass is 9.91. The molecule has 0 spiro atoms. The zero-order chi connectivity index (χ0) is 13.4. The van der Waals surface area contributed by atoms with E-state index in [0.29, 0.717) is 5.75 Å². The standard InChI is InChI=1S/C15H14NPS2/c17-16-12-7-3-1-5-10(12)15(14(19)9-18)11-6-2-4-8-13(11)16/h1-8,18-19H,9,17H2. The molecular formula is C15H14NPS2. The molecule has 19 heavy (non-hydrogen) atoms. The third kappa shape index (κ3) is 2.10. The second-order valence-corrected chi connectivity index (χ2v) is 5.76. The maximum Gasteiger partial charge on any atom is 0.0520 e. The molecule has 0 aromatic heterocycles. The van der Waals surface area contributed by atoms with Gasteiger partial charge >= 0.3 is 0 Å². The fourth-order valence-electron chi connectivity index (χ4n) is 2.46. The van der Waals surface area contributed by atoms with Gasteiger partial charge in [-0.1, -0.05) is 36.4 Å². The minimum absolute atomic E-state index is 0.637. The summed E-state index contributed by atoms with van der Waals surface area (Å²) in [5.41, 5.74) is 5.94. The molecule has 2 aromatic carbocycles. The van der Waals surface area contributed by atoms with Crippen LogP contribution < -0.4 is 4.67 Å². The maximum absolute atomic E-state index is 4.63. The molecule has 2 aromatic rings. The van der Waals surface area contributed by atoms with Crippen LogP contribution in [0.5, 0.6) is 0 Å². The molecule has 0 saturated carbocycles. The van der Waals surface area contributed by atoms with Crippen LogP contribution in [0.15, 0.2) is 53.4 Å². The first kappa shape index (κ1) is 13.1. The lowest BCUT2D eigenvalue weighted by molar-refractivity contribution is 1.34. The molecule has 0 aliphatic carbocycles. The topological polar surface area (TPSA) is 3.24 Å². The minimum atomic E-state index is 0.637. The molecular weight excluding hydrogens is 289 g/mol. The third-order valence-electron chi connectivity index (χ3n) is 3.30. The molecule has 0 fully saturated rings. The first-order valence-corrected chi connectivity index (χ1v) is 7.60. The van der Waals surface area contributed by atoms with Crippen LogP contribution in [0, 0.1) is 0 Å². The lowest BCUT2D eigenvalue weighted by Crippen LogP contribution is -2.13. The van der Waals surface area contributed by atoms with Gasteiger partial charge in [0, 0.05) is 22.5 Å². The van der Waals surface area contributed by atoms with Crippen molar-refractivity contribution in [2.45, 2.75) is 0 Å². The van der Waals surface area contributed by atoms with Gasteiger partial charge in [-0.2, -0.15) is 12.6 Å². The summed E-state index contributed by atoms with van der Waals surface area (Å²) >= 11 is 9.01. The highest BCUT2D eigenvalue weighted by Gasteiger charge is 2.24. The quantitative estimate of drug-likeness (QED) is 0.577. The van der Waals surface area contributed by atoms with Crippen molar-refractivity contribution in [2.75, 3.05) is 10.4 Å². The molecule has 0 amide bonds. The van der Waals surface area contributed by atoms with E-state index in [2.05, 4.69) is 87.8 Å². The first-order chi connectivity index (χ1) is 9.24. The zero-order valence-electron chi connectivity index (χ0n) is 10.2. The summed E-state index contributed by atoms with van der Waals surface area (Å²) < 4.78 is 2.15. The monoisotopic (exact) mass is 303 g/mol. The van der Waals surface area contributed by atoms with Crippen molar-refractivity contribution >= 4 is 51.6 Å². The number of benzene rings is 2. The molecule has 1 nitrogen and oxygen atoms in total. The summed E-state index contributed by atoms with van der Waals surface area (Å²) in [6.45, 7) is 0. The molecule has 0 radical (unpaired) electrons. The molecule has 3 rings (SSSR count). The van der Waals surface area contributed by atoms with Gasteiger partial charge in [-0.05, 0) is 26.4 Å². The smallest absolute Gasteiger partial charge is 0.0520 e. The summed E-state index contributed by atoms with van der Waals surface area (Å²) in [5.74, 6) is 0.637. The summed E-state index contributed by atoms with van der Waals surface area (Å²) in [7, 11) is 2.79. The molecule has 0 N–H and O–H groups in total. The van der Waals surface area contributed by atoms with Crippen molar-refractivity contribution in [3.8, 4) is 0 Å². The van der Waals surface area contributed by atoms with E-state index in [0.717, 1.165) is 4.91 Å². The van der Waals surface area contributed by atoms with Crippen LogP contribution in [0.4, 0.5) is 11.4 Å². The highest BCUT2D eigenvalue weighted by Crippen LogP contribution is 2.48. The summed E-state index contributed by atoms with van der Waals surface area (Å²) in [5, 5.41) is 0. The van der Waals surface area contributed by atoms with Crippen LogP contribution in [-0.2, 0) is 0 Å². The van der Waals surface area contributed by atoms with Crippen LogP contribution in [-0.4, -0.2) is 5.75 Å². The Labute approximate surface area is 126 Å². The number of para-hydroxylation sites is 2. The van der Waals surface area contributed by atoms with Crippen molar-refractivity contribution in [1.29, 1.82) is 0 Å². The Balaban J connectivity index is 2.36. The SMILES string of the molecule is PN1c2ccccc2C(=C(S)CS)c2ccccc21. The number of rotatable bonds is 1. The maximum atomic E-state index is 4.63. The molecule has 4 heteroatoms. The number of hydrogen-bond donors (Lipinski definition) is 2. The van der Waals surface area contributed by atoms with Crippen molar-refractivity contribution in [3.05, 3.63) is 64.6 Å². The Morgan fingerprint density at radius 3 is 1.89 bits per heavy atom. The van der Waals surface area contributed by atoms with Gasteiger partial charge in [0.15, 0.2) is 0 Å². The van der Waals surface area contributed by atoms with Crippen LogP contribution >= 0.6 is 34.6 Å². The van der Waals surface area contributed by atoms with Crippen LogP contribution in [0.2, 0.25) is 0 Å². The Morgan fingerprint density at radius 2 is 1.42 bits per heavy atom. The largest absolute Gasteiger partial charge is 0.325 e. The van der Waals surface area contributed by atoms with E-state index in [1.165, 1.54) is 28.1 Å². The Kier molecular flexibility index (Phi) is 3.62. The molecule has 1 aliphatic rings. The Hall–Kier alpha value is -0.890. The van der Waals surface area contributed by atoms with E-state index >= 15 is 0 Å². The Morgan fingerprint density at radius 1 is 0.947 bits per heavy atom. The number of thiol groups is 2. The third-order valence-corrected chi connectivity index (χ3v) is 4.81. The van der Waals surface area contributed by atoms with E-state index in [4.69, 9.17) is 0 Å². The molecule has 0 saturated heterocycles. The van der Waals surface area contributed by atoms with E-state index in [1.54, 1.807) is 0 Å². The van der Waals surface area contributed by atoms with E-state index in [-0.39, 0.29) is 0 Å². The molecule has 96 valence electrons. The van der Waals surface area contributed by atoms with E-state index in [9.17, 15) is 0 Å². The molecule has 1 heterocycles. The first-order valence-electron chi connectivity index (χ1n) is 6.00. The van der Waals surface area contributed by atoms with Crippen molar-refractivity contribution in [1.82, 2.24) is 0 Å². The predicted molar refractivity (Wildman–Crippen MR) is 93.6 cm³/mol. The second kappa shape index (κ2) is 5.24. The summed E-state index contributed by atoms with van der Waals surface area (Å²) in [6, 6.07) is 16.8. The van der Waals surface area contributed by atoms with Crippen LogP contribution in [0.25, 0.3) is 5.57 Å². The van der Waals surface area contributed by atoms with Gasteiger partial charge < -0.3 is 4.67 Å². The van der Waals surface area contributed by atoms with E-state index in [1.807, 2.05) is 0 Å². The average molecular weight is 303 g/mol. The lowest BCUT2D eigenvalue weighted by Gasteiger charge is -2.32. The zero-order valence-corrected chi connectivity index (χ0v) is 13.2. The van der Waals surface area contributed by atoms with Gasteiger partial charge in [0.25, 0.3) is 0 Å². The number of hydrogen-bond acceptors (Lipinski definition) is 3. The van der Waals surface area contributed by atoms with Crippen LogP contribution in [0.3, 0.4) is 0 Å². The fourth-order valence-corrected chi connectivity index (χ4v) is 3.30. The molecule has 0 bridgehead atoms. The average Bonchev–Trinajstić information content (AvgIpc) is 2.47. The van der Waals surface area contributed by atoms with E-state index < -0.39 is 0 Å². The van der Waals surface area contributed by atoms with Gasteiger partial charge in [-0.15, -0.1) is 12.6 Å². The van der Waals surface area contributed by atoms with Gasteiger partial charge in [0.2, 0.25) is 0 Å². The molecule has 1 aliphatic heterocycles. The van der Waals surface area contributed by atoms with Gasteiger partial charge in [0.05, 0.1) is 11.4 Å². The van der Waals surface area contributed by atoms with Gasteiger partial charge in [-0.25, -0.2) is 0 Å². The Bertz CT molecular complexity index is 617. The van der Waals surface area contributed by atoms with Gasteiger partial charge in [0.1, 0.15) is 0 Å². The number of nitrogens with zero attached hydrogens (tertiary/aromatic N) is 1. The normalized spacial score (nSPS) is 13.0. The number of fused-ring (bicyclic) bond motifs is 2. The second-order valence-electron chi connectivity index (χ2n) is 4.38. The van der Waals surface area contributed by atoms with Crippen molar-refractivity contribution in [3.63, 3.8) is 0 Å². The highest BCUT2D eigenvalue weighted by molar-refractivity contribution is 7.87. The van der Waals surface area contributed by atoms with Crippen molar-refractivity contribution in [2.24, 2.45) is 0 Å². The van der Waals surface area contributed by atoms with Gasteiger partial charge in [-0.3, -0.25) is 0 Å². The predicted octanol–water partition coefficient (Wildman–Crippen LogP) is 4.55. The molecule has 1 unspecified atom stereocenters.